The van der Waals surface area contributed by atoms with E-state index in [1.54, 1.807) is 0 Å². The summed E-state index contributed by atoms with van der Waals surface area (Å²) in [5.41, 5.74) is 4.72. The molecule has 5 nitrogen and oxygen atoms in total. The lowest BCUT2D eigenvalue weighted by Crippen LogP contribution is -2.10. The SMILES string of the molecule is COC(=O)Cc1ncc(C(F)F)c(CN)c1O. The number of halogens is 2. The molecule has 0 aliphatic carbocycles. The normalized spacial score (nSPS) is 10.6. The first-order chi connectivity index (χ1) is 8.01. The van der Waals surface area contributed by atoms with E-state index in [1.807, 2.05) is 0 Å². The van der Waals surface area contributed by atoms with Gasteiger partial charge in [-0.05, 0) is 0 Å². The molecule has 0 aromatic carbocycles. The highest BCUT2D eigenvalue weighted by Crippen LogP contribution is 2.30. The van der Waals surface area contributed by atoms with E-state index in [4.69, 9.17) is 5.73 Å². The molecule has 0 unspecified atom stereocenters. The van der Waals surface area contributed by atoms with E-state index in [0.29, 0.717) is 0 Å². The molecule has 94 valence electrons. The highest BCUT2D eigenvalue weighted by molar-refractivity contribution is 5.73. The average molecular weight is 246 g/mol. The van der Waals surface area contributed by atoms with Crippen molar-refractivity contribution in [3.05, 3.63) is 23.0 Å². The first-order valence-electron chi connectivity index (χ1n) is 4.75. The van der Waals surface area contributed by atoms with E-state index in [1.165, 1.54) is 7.11 Å². The number of aromatic hydroxyl groups is 1. The third kappa shape index (κ3) is 2.88. The lowest BCUT2D eigenvalue weighted by molar-refractivity contribution is -0.139. The summed E-state index contributed by atoms with van der Waals surface area (Å²) in [5, 5.41) is 9.68. The molecule has 17 heavy (non-hydrogen) atoms. The molecule has 0 amide bonds. The average Bonchev–Trinajstić information content (AvgIpc) is 2.30. The summed E-state index contributed by atoms with van der Waals surface area (Å²) in [6.07, 6.45) is -2.16. The number of nitrogens with zero attached hydrogens (tertiary/aromatic N) is 1. The van der Waals surface area contributed by atoms with E-state index >= 15 is 0 Å². The van der Waals surface area contributed by atoms with Gasteiger partial charge in [0.25, 0.3) is 6.43 Å². The van der Waals surface area contributed by atoms with Gasteiger partial charge in [0.05, 0.1) is 19.2 Å². The second-order valence-electron chi connectivity index (χ2n) is 3.25. The Kier molecular flexibility index (Phi) is 4.33. The van der Waals surface area contributed by atoms with Gasteiger partial charge in [0.15, 0.2) is 0 Å². The van der Waals surface area contributed by atoms with Gasteiger partial charge in [-0.25, -0.2) is 8.78 Å². The predicted octanol–water partition coefficient (Wildman–Crippen LogP) is 0.899. The fourth-order valence-corrected chi connectivity index (χ4v) is 1.34. The first kappa shape index (κ1) is 13.3. The number of aromatic nitrogens is 1. The second kappa shape index (κ2) is 5.53. The van der Waals surface area contributed by atoms with Crippen molar-refractivity contribution in [3.8, 4) is 5.75 Å². The smallest absolute Gasteiger partial charge is 0.311 e. The molecule has 0 aliphatic rings. The molecule has 7 heteroatoms. The van der Waals surface area contributed by atoms with E-state index in [-0.39, 0.29) is 24.2 Å². The molecular formula is C10H12F2N2O3. The number of rotatable bonds is 4. The van der Waals surface area contributed by atoms with Gasteiger partial charge in [0.1, 0.15) is 5.75 Å². The van der Waals surface area contributed by atoms with Crippen LogP contribution in [0.25, 0.3) is 0 Å². The zero-order valence-corrected chi connectivity index (χ0v) is 9.11. The number of ether oxygens (including phenoxy) is 1. The fraction of sp³-hybridized carbons (Fsp3) is 0.400. The molecule has 0 atom stereocenters. The zero-order valence-electron chi connectivity index (χ0n) is 9.11. The van der Waals surface area contributed by atoms with Crippen molar-refractivity contribution in [2.45, 2.75) is 19.4 Å². The van der Waals surface area contributed by atoms with Gasteiger partial charge in [-0.1, -0.05) is 0 Å². The quantitative estimate of drug-likeness (QED) is 0.771. The molecule has 0 spiro atoms. The van der Waals surface area contributed by atoms with E-state index in [2.05, 4.69) is 9.72 Å². The first-order valence-corrected chi connectivity index (χ1v) is 4.75. The van der Waals surface area contributed by atoms with Crippen LogP contribution in [0.3, 0.4) is 0 Å². The van der Waals surface area contributed by atoms with Gasteiger partial charge in [-0.15, -0.1) is 0 Å². The topological polar surface area (TPSA) is 85.4 Å². The molecule has 1 rings (SSSR count). The summed E-state index contributed by atoms with van der Waals surface area (Å²) in [4.78, 5) is 14.6. The lowest BCUT2D eigenvalue weighted by Gasteiger charge is -2.11. The van der Waals surface area contributed by atoms with Gasteiger partial charge in [0.2, 0.25) is 0 Å². The number of methoxy groups -OCH3 is 1. The molecule has 1 heterocycles. The minimum atomic E-state index is -2.78. The van der Waals surface area contributed by atoms with Gasteiger partial charge in [-0.3, -0.25) is 9.78 Å². The number of carbonyl (C=O) groups excluding carboxylic acids is 1. The summed E-state index contributed by atoms with van der Waals surface area (Å²) >= 11 is 0. The standard InChI is InChI=1S/C10H12F2N2O3/c1-17-8(15)2-7-9(16)5(3-13)6(4-14-7)10(11)12/h4,10,16H,2-3,13H2,1H3. The highest BCUT2D eigenvalue weighted by Gasteiger charge is 2.20. The summed E-state index contributed by atoms with van der Waals surface area (Å²) in [6, 6.07) is 0. The summed E-state index contributed by atoms with van der Waals surface area (Å²) in [7, 11) is 1.18. The van der Waals surface area contributed by atoms with Crippen molar-refractivity contribution in [2.75, 3.05) is 7.11 Å². The van der Waals surface area contributed by atoms with Crippen molar-refractivity contribution in [1.29, 1.82) is 0 Å². The van der Waals surface area contributed by atoms with Crippen LogP contribution in [-0.2, 0) is 22.5 Å². The molecule has 0 saturated heterocycles. The minimum Gasteiger partial charge on any atom is -0.506 e. The van der Waals surface area contributed by atoms with Crippen LogP contribution < -0.4 is 5.73 Å². The van der Waals surface area contributed by atoms with Gasteiger partial charge < -0.3 is 15.6 Å². The number of hydrogen-bond acceptors (Lipinski definition) is 5. The third-order valence-corrected chi connectivity index (χ3v) is 2.25. The molecule has 0 radical (unpaired) electrons. The molecule has 0 bridgehead atoms. The Morgan fingerprint density at radius 1 is 1.65 bits per heavy atom. The predicted molar refractivity (Wildman–Crippen MR) is 54.5 cm³/mol. The van der Waals surface area contributed by atoms with Crippen LogP contribution in [0.5, 0.6) is 5.75 Å². The molecule has 0 saturated carbocycles. The molecular weight excluding hydrogens is 234 g/mol. The van der Waals surface area contributed by atoms with Gasteiger partial charge in [0, 0.05) is 23.9 Å². The van der Waals surface area contributed by atoms with E-state index in [9.17, 15) is 18.7 Å². The van der Waals surface area contributed by atoms with Crippen molar-refractivity contribution >= 4 is 5.97 Å². The Bertz CT molecular complexity index is 424. The van der Waals surface area contributed by atoms with Crippen molar-refractivity contribution in [1.82, 2.24) is 4.98 Å². The lowest BCUT2D eigenvalue weighted by atomic mass is 10.1. The maximum atomic E-state index is 12.6. The van der Waals surface area contributed by atoms with Crippen LogP contribution in [0.15, 0.2) is 6.20 Å². The largest absolute Gasteiger partial charge is 0.506 e. The van der Waals surface area contributed by atoms with E-state index in [0.717, 1.165) is 6.20 Å². The highest BCUT2D eigenvalue weighted by atomic mass is 19.3. The Labute approximate surface area is 96.2 Å². The Morgan fingerprint density at radius 3 is 2.76 bits per heavy atom. The number of hydrogen-bond donors (Lipinski definition) is 2. The minimum absolute atomic E-state index is 0.0262. The molecule has 1 aromatic rings. The Hall–Kier alpha value is -1.76. The summed E-state index contributed by atoms with van der Waals surface area (Å²) < 4.78 is 29.5. The molecule has 3 N–H and O–H groups in total. The maximum Gasteiger partial charge on any atom is 0.311 e. The van der Waals surface area contributed by atoms with Gasteiger partial charge >= 0.3 is 5.97 Å². The van der Waals surface area contributed by atoms with Crippen molar-refractivity contribution < 1.29 is 23.4 Å². The Balaban J connectivity index is 3.15. The monoisotopic (exact) mass is 246 g/mol. The molecule has 0 aliphatic heterocycles. The van der Waals surface area contributed by atoms with Crippen LogP contribution in [0, 0.1) is 0 Å². The number of carbonyl (C=O) groups is 1. The van der Waals surface area contributed by atoms with E-state index < -0.39 is 23.7 Å². The zero-order chi connectivity index (χ0) is 13.0. The third-order valence-electron chi connectivity index (χ3n) is 2.25. The molecule has 0 fully saturated rings. The van der Waals surface area contributed by atoms with Crippen LogP contribution in [0.4, 0.5) is 8.78 Å². The van der Waals surface area contributed by atoms with Crippen LogP contribution in [-0.4, -0.2) is 23.2 Å². The number of nitrogens with two attached hydrogens (primary N) is 1. The van der Waals surface area contributed by atoms with Crippen molar-refractivity contribution in [2.24, 2.45) is 5.73 Å². The number of esters is 1. The number of alkyl halides is 2. The van der Waals surface area contributed by atoms with Crippen LogP contribution in [0.2, 0.25) is 0 Å². The Morgan fingerprint density at radius 2 is 2.29 bits per heavy atom. The second-order valence-corrected chi connectivity index (χ2v) is 3.25. The van der Waals surface area contributed by atoms with Crippen LogP contribution >= 0.6 is 0 Å². The summed E-state index contributed by atoms with van der Waals surface area (Å²) in [6.45, 7) is -0.262. The van der Waals surface area contributed by atoms with Crippen LogP contribution in [0.1, 0.15) is 23.2 Å². The van der Waals surface area contributed by atoms with Gasteiger partial charge in [-0.2, -0.15) is 0 Å². The van der Waals surface area contributed by atoms with Crippen molar-refractivity contribution in [3.63, 3.8) is 0 Å². The number of pyridine rings is 1. The molecule has 1 aromatic heterocycles. The summed E-state index contributed by atoms with van der Waals surface area (Å²) in [5.74, 6) is -1.10. The fourth-order valence-electron chi connectivity index (χ4n) is 1.34. The maximum absolute atomic E-state index is 12.6.